The molecule has 0 fully saturated rings. The molecule has 1 heterocycles. The molecule has 74 valence electrons. The number of hydrogen-bond acceptors (Lipinski definition) is 4. The minimum absolute atomic E-state index is 0.645. The van der Waals surface area contributed by atoms with Crippen LogP contribution in [0.5, 0.6) is 0 Å². The van der Waals surface area contributed by atoms with E-state index in [4.69, 9.17) is 4.74 Å². The Kier molecular flexibility index (Phi) is 4.24. The first-order valence-electron chi connectivity index (χ1n) is 4.38. The van der Waals surface area contributed by atoms with Crippen LogP contribution < -0.4 is 0 Å². The van der Waals surface area contributed by atoms with Crippen LogP contribution in [0.3, 0.4) is 0 Å². The molecule has 1 aromatic heterocycles. The van der Waals surface area contributed by atoms with Gasteiger partial charge in [0.1, 0.15) is 5.82 Å². The van der Waals surface area contributed by atoms with Gasteiger partial charge in [0.2, 0.25) is 0 Å². The topological polar surface area (TPSA) is 39.9 Å². The number of aryl methyl sites for hydroxylation is 1. The first kappa shape index (κ1) is 10.5. The first-order chi connectivity index (χ1) is 6.29. The van der Waals surface area contributed by atoms with Crippen LogP contribution in [0.25, 0.3) is 0 Å². The maximum Gasteiger partial charge on any atom is 0.193 e. The fourth-order valence-electron chi connectivity index (χ4n) is 0.956. The van der Waals surface area contributed by atoms with Gasteiger partial charge in [-0.05, 0) is 6.92 Å². The highest BCUT2D eigenvalue weighted by molar-refractivity contribution is 7.99. The summed E-state index contributed by atoms with van der Waals surface area (Å²) in [4.78, 5) is 0. The van der Waals surface area contributed by atoms with Crippen LogP contribution in [-0.4, -0.2) is 27.3 Å². The maximum absolute atomic E-state index is 5.22. The fraction of sp³-hybridized carbons (Fsp3) is 0.750. The summed E-state index contributed by atoms with van der Waals surface area (Å²) in [7, 11) is 1.98. The molecule has 13 heavy (non-hydrogen) atoms. The standard InChI is InChI=1S/C8H15N3OS/c1-4-7-9-10-8(11(7)3)13-6-12-5-2/h4-6H2,1-3H3. The number of nitrogens with zero attached hydrogens (tertiary/aromatic N) is 3. The van der Waals surface area contributed by atoms with E-state index in [1.165, 1.54) is 0 Å². The second kappa shape index (κ2) is 5.24. The van der Waals surface area contributed by atoms with Crippen molar-refractivity contribution in [1.82, 2.24) is 14.8 Å². The molecule has 1 rings (SSSR count). The van der Waals surface area contributed by atoms with Gasteiger partial charge in [-0.25, -0.2) is 0 Å². The number of hydrogen-bond donors (Lipinski definition) is 0. The van der Waals surface area contributed by atoms with Crippen molar-refractivity contribution in [2.75, 3.05) is 12.5 Å². The van der Waals surface area contributed by atoms with Gasteiger partial charge < -0.3 is 9.30 Å². The minimum Gasteiger partial charge on any atom is -0.371 e. The van der Waals surface area contributed by atoms with E-state index < -0.39 is 0 Å². The summed E-state index contributed by atoms with van der Waals surface area (Å²) < 4.78 is 7.22. The predicted octanol–water partition coefficient (Wildman–Crippen LogP) is 1.46. The molecule has 5 heteroatoms. The third kappa shape index (κ3) is 2.70. The summed E-state index contributed by atoms with van der Waals surface area (Å²) in [6.07, 6.45) is 0.915. The van der Waals surface area contributed by atoms with Crippen LogP contribution >= 0.6 is 11.8 Å². The molecule has 0 aliphatic carbocycles. The molecule has 0 saturated carbocycles. The fourth-order valence-corrected chi connectivity index (χ4v) is 1.71. The molecule has 4 nitrogen and oxygen atoms in total. The lowest BCUT2D eigenvalue weighted by Crippen LogP contribution is -1.98. The molecular formula is C8H15N3OS. The second-order valence-electron chi connectivity index (χ2n) is 2.57. The van der Waals surface area contributed by atoms with Gasteiger partial charge in [-0.1, -0.05) is 18.7 Å². The minimum atomic E-state index is 0.645. The molecular weight excluding hydrogens is 186 g/mol. The van der Waals surface area contributed by atoms with E-state index in [1.807, 2.05) is 18.5 Å². The summed E-state index contributed by atoms with van der Waals surface area (Å²) in [5.74, 6) is 1.66. The van der Waals surface area contributed by atoms with Gasteiger partial charge in [-0.3, -0.25) is 0 Å². The van der Waals surface area contributed by atoms with Crippen molar-refractivity contribution in [2.24, 2.45) is 7.05 Å². The Morgan fingerprint density at radius 3 is 2.69 bits per heavy atom. The van der Waals surface area contributed by atoms with E-state index in [0.29, 0.717) is 5.94 Å². The average Bonchev–Trinajstić information content (AvgIpc) is 2.48. The van der Waals surface area contributed by atoms with Gasteiger partial charge in [0, 0.05) is 20.1 Å². The Balaban J connectivity index is 2.51. The number of ether oxygens (including phenoxy) is 1. The first-order valence-corrected chi connectivity index (χ1v) is 5.37. The largest absolute Gasteiger partial charge is 0.371 e. The van der Waals surface area contributed by atoms with Crippen molar-refractivity contribution in [3.05, 3.63) is 5.82 Å². The SMILES string of the molecule is CCOCSc1nnc(CC)n1C. The summed E-state index contributed by atoms with van der Waals surface area (Å²) >= 11 is 1.57. The molecule has 1 aromatic rings. The molecule has 0 aliphatic rings. The van der Waals surface area contributed by atoms with Crippen LogP contribution in [0.15, 0.2) is 5.16 Å². The van der Waals surface area contributed by atoms with Crippen molar-refractivity contribution in [1.29, 1.82) is 0 Å². The van der Waals surface area contributed by atoms with Crippen LogP contribution in [0.1, 0.15) is 19.7 Å². The summed E-state index contributed by atoms with van der Waals surface area (Å²) in [6, 6.07) is 0. The third-order valence-electron chi connectivity index (χ3n) is 1.72. The number of thioether (sulfide) groups is 1. The van der Waals surface area contributed by atoms with Gasteiger partial charge in [0.15, 0.2) is 5.16 Å². The third-order valence-corrected chi connectivity index (χ3v) is 2.62. The van der Waals surface area contributed by atoms with Crippen molar-refractivity contribution in [3.8, 4) is 0 Å². The summed E-state index contributed by atoms with van der Waals surface area (Å²) in [5, 5.41) is 9.03. The highest BCUT2D eigenvalue weighted by atomic mass is 32.2. The molecule has 0 bridgehead atoms. The van der Waals surface area contributed by atoms with E-state index >= 15 is 0 Å². The zero-order chi connectivity index (χ0) is 9.68. The second-order valence-corrected chi connectivity index (χ2v) is 3.46. The van der Waals surface area contributed by atoms with E-state index in [9.17, 15) is 0 Å². The quantitative estimate of drug-likeness (QED) is 0.411. The lowest BCUT2D eigenvalue weighted by molar-refractivity contribution is 0.199. The van der Waals surface area contributed by atoms with Gasteiger partial charge in [-0.15, -0.1) is 10.2 Å². The predicted molar refractivity (Wildman–Crippen MR) is 52.7 cm³/mol. The lowest BCUT2D eigenvalue weighted by Gasteiger charge is -2.01. The average molecular weight is 201 g/mol. The van der Waals surface area contributed by atoms with Crippen LogP contribution in [-0.2, 0) is 18.2 Å². The summed E-state index contributed by atoms with van der Waals surface area (Å²) in [5.41, 5.74) is 0. The Morgan fingerprint density at radius 1 is 1.38 bits per heavy atom. The molecule has 0 spiro atoms. The zero-order valence-electron chi connectivity index (χ0n) is 8.28. The molecule has 0 atom stereocenters. The Hall–Kier alpha value is -0.550. The van der Waals surface area contributed by atoms with Crippen molar-refractivity contribution < 1.29 is 4.74 Å². The Morgan fingerprint density at radius 2 is 2.15 bits per heavy atom. The molecule has 0 N–H and O–H groups in total. The lowest BCUT2D eigenvalue weighted by atomic mass is 10.5. The maximum atomic E-state index is 5.22. The van der Waals surface area contributed by atoms with E-state index in [2.05, 4.69) is 17.1 Å². The number of aromatic nitrogens is 3. The molecule has 0 saturated heterocycles. The summed E-state index contributed by atoms with van der Waals surface area (Å²) in [6.45, 7) is 4.79. The monoisotopic (exact) mass is 201 g/mol. The molecule has 0 unspecified atom stereocenters. The molecule has 0 amide bonds. The van der Waals surface area contributed by atoms with E-state index in [-0.39, 0.29) is 0 Å². The smallest absolute Gasteiger partial charge is 0.193 e. The highest BCUT2D eigenvalue weighted by Crippen LogP contribution is 2.15. The van der Waals surface area contributed by atoms with Gasteiger partial charge in [0.05, 0.1) is 5.94 Å². The van der Waals surface area contributed by atoms with E-state index in [0.717, 1.165) is 24.0 Å². The van der Waals surface area contributed by atoms with Gasteiger partial charge >= 0.3 is 0 Å². The Bertz CT molecular complexity index is 262. The van der Waals surface area contributed by atoms with Crippen LogP contribution in [0.2, 0.25) is 0 Å². The van der Waals surface area contributed by atoms with Crippen LogP contribution in [0, 0.1) is 0 Å². The normalized spacial score (nSPS) is 10.7. The van der Waals surface area contributed by atoms with Crippen molar-refractivity contribution in [3.63, 3.8) is 0 Å². The van der Waals surface area contributed by atoms with Crippen molar-refractivity contribution in [2.45, 2.75) is 25.4 Å². The highest BCUT2D eigenvalue weighted by Gasteiger charge is 2.06. The zero-order valence-corrected chi connectivity index (χ0v) is 9.10. The molecule has 0 radical (unpaired) electrons. The van der Waals surface area contributed by atoms with Crippen molar-refractivity contribution >= 4 is 11.8 Å². The molecule has 0 aromatic carbocycles. The van der Waals surface area contributed by atoms with Crippen LogP contribution in [0.4, 0.5) is 0 Å². The van der Waals surface area contributed by atoms with Gasteiger partial charge in [0.25, 0.3) is 0 Å². The van der Waals surface area contributed by atoms with Gasteiger partial charge in [-0.2, -0.15) is 0 Å². The number of rotatable bonds is 5. The van der Waals surface area contributed by atoms with E-state index in [1.54, 1.807) is 11.8 Å². The molecule has 0 aliphatic heterocycles. The Labute approximate surface area is 82.7 Å².